The molecule has 0 N–H and O–H groups in total. The number of nitro benzene ring substituents is 1. The Hall–Kier alpha value is -3.05. The topological polar surface area (TPSA) is 116 Å². The summed E-state index contributed by atoms with van der Waals surface area (Å²) in [6.07, 6.45) is 1.47. The maximum atomic E-state index is 11.4. The van der Waals surface area contributed by atoms with E-state index in [1.165, 1.54) is 19.1 Å². The van der Waals surface area contributed by atoms with E-state index in [1.807, 2.05) is 0 Å². The molecule has 0 aromatic heterocycles. The predicted molar refractivity (Wildman–Crippen MR) is 100 cm³/mol. The molecule has 0 amide bonds. The largest absolute Gasteiger partial charge is 0.377 e. The number of hydrogen-bond acceptors (Lipinski definition) is 9. The molecule has 0 heterocycles. The number of nitro groups is 1. The molecule has 1 rings (SSSR count). The van der Waals surface area contributed by atoms with Gasteiger partial charge in [-0.2, -0.15) is 0 Å². The molecule has 1 aromatic carbocycles. The van der Waals surface area contributed by atoms with Crippen molar-refractivity contribution in [3.63, 3.8) is 0 Å². The van der Waals surface area contributed by atoms with Gasteiger partial charge in [0.25, 0.3) is 0 Å². The van der Waals surface area contributed by atoms with Gasteiger partial charge in [0.1, 0.15) is 0 Å². The van der Waals surface area contributed by atoms with Crippen LogP contribution in [0.2, 0.25) is 6.04 Å². The van der Waals surface area contributed by atoms with E-state index in [4.69, 9.17) is 27.5 Å². The Balaban J connectivity index is 2.74. The second-order valence-corrected chi connectivity index (χ2v) is 10.9. The summed E-state index contributed by atoms with van der Waals surface area (Å²) < 4.78 is 32.5. The molecule has 0 aliphatic carbocycles. The molecular formula is C17H26NO9RfSi. The smallest absolute Gasteiger partial charge is 0.0272 e. The van der Waals surface area contributed by atoms with Gasteiger partial charge in [0.05, 0.1) is 0 Å². The van der Waals surface area contributed by atoms with Gasteiger partial charge in [0, 0.05) is 21.3 Å². The number of hydrogen-bond donors (Lipinski definition) is 0. The number of benzene rings is 1. The second kappa shape index (κ2) is 11.7. The van der Waals surface area contributed by atoms with E-state index < -0.39 is 19.7 Å². The Kier molecular flexibility index (Phi) is 9.69. The summed E-state index contributed by atoms with van der Waals surface area (Å²) in [5.74, 6) is -0.183. The number of carbonyl (C=O) groups is 1. The van der Waals surface area contributed by atoms with E-state index in [-0.39, 0.29) is 23.8 Å². The molecule has 0 atom stereocenters. The van der Waals surface area contributed by atoms with Gasteiger partial charge in [-0.25, -0.2) is 0 Å². The zero-order chi connectivity index (χ0) is 21.9. The van der Waals surface area contributed by atoms with Crippen LogP contribution in [0.15, 0.2) is 12.1 Å². The van der Waals surface area contributed by atoms with Crippen molar-refractivity contribution < 1.29 is 37.2 Å². The van der Waals surface area contributed by atoms with Crippen molar-refractivity contribution >= 4 is 20.5 Å². The minimum absolute atomic E-state index is 0.0115. The first-order valence-electron chi connectivity index (χ1n) is 8.97. The van der Waals surface area contributed by atoms with Gasteiger partial charge in [-0.15, -0.1) is 0 Å². The van der Waals surface area contributed by atoms with Crippen molar-refractivity contribution in [3.05, 3.63) is 27.8 Å². The summed E-state index contributed by atoms with van der Waals surface area (Å²) in [5, 5.41) is 11.4. The molecule has 0 radical (unpaired) electrons. The van der Waals surface area contributed by atoms with Crippen LogP contribution < -0.4 is 9.47 Å². The van der Waals surface area contributed by atoms with E-state index in [1.54, 1.807) is 21.3 Å². The van der Waals surface area contributed by atoms with Gasteiger partial charge < -0.3 is 13.3 Å². The molecule has 0 saturated heterocycles. The molecule has 29 heavy (non-hydrogen) atoms. The molecule has 12 heteroatoms. The van der Waals surface area contributed by atoms with Crippen LogP contribution in [0.5, 0.6) is 11.5 Å². The van der Waals surface area contributed by atoms with Crippen LogP contribution in [0, 0.1) is 10.1 Å². The normalized spacial score (nSPS) is 11.4. The minimum atomic E-state index is -2.61. The van der Waals surface area contributed by atoms with E-state index in [2.05, 4.69) is 0 Å². The van der Waals surface area contributed by atoms with Gasteiger partial charge in [0.15, 0.2) is 0 Å². The number of esters is 1. The van der Waals surface area contributed by atoms with Crippen molar-refractivity contribution in [3.8, 4) is 11.5 Å². The van der Waals surface area contributed by atoms with Crippen LogP contribution in [-0.2, 0) is 29.4 Å². The predicted octanol–water partition coefficient (Wildman–Crippen LogP) is 2.58. The fourth-order valence-corrected chi connectivity index (χ4v) is 5.41. The SMILES string of the molecule is CO[Si](CCCCOCc1cc(OC(C)=O)c(O[CH2][Rf])cc1[N+](=O)[O-])(OC)OC. The molecule has 0 spiro atoms. The summed E-state index contributed by atoms with van der Waals surface area (Å²) in [7, 11) is 2.56. The van der Waals surface area contributed by atoms with Crippen LogP contribution in [0.4, 0.5) is 5.69 Å². The molecule has 159 valence electrons. The van der Waals surface area contributed by atoms with Crippen molar-refractivity contribution in [2.24, 2.45) is 0 Å². The van der Waals surface area contributed by atoms with Gasteiger partial charge in [-0.3, -0.25) is 0 Å². The maximum absolute atomic E-state index is 11.4. The summed E-state index contributed by atoms with van der Waals surface area (Å²) in [6, 6.07) is 3.35. The first kappa shape index (κ1) is 24.0. The number of carbonyl (C=O) groups excluding carboxylic acids is 1. The molecule has 0 saturated carbocycles. The van der Waals surface area contributed by atoms with E-state index in [0.717, 1.165) is 6.42 Å². The third-order valence-electron chi connectivity index (χ3n) is 4.07. The summed E-state index contributed by atoms with van der Waals surface area (Å²) in [4.78, 5) is 22.2. The first-order chi connectivity index (χ1) is 13.8. The summed E-state index contributed by atoms with van der Waals surface area (Å²) in [5.41, 5.74) is 0.177. The minimum Gasteiger partial charge on any atom is -0.377 e. The van der Waals surface area contributed by atoms with Gasteiger partial charge in [-0.1, -0.05) is 0 Å². The van der Waals surface area contributed by atoms with Crippen LogP contribution in [-0.4, -0.2) is 54.7 Å². The molecule has 0 unspecified atom stereocenters. The maximum Gasteiger partial charge on any atom is 0.0272 e. The number of nitrogens with zero attached hydrogens (tertiary/aromatic N) is 1. The van der Waals surface area contributed by atoms with Gasteiger partial charge in [-0.05, 0) is 0 Å². The van der Waals surface area contributed by atoms with E-state index >= 15 is 0 Å². The Labute approximate surface area is 165 Å². The Bertz CT molecular complexity index is 677. The Morgan fingerprint density at radius 1 is 1.14 bits per heavy atom. The summed E-state index contributed by atoms with van der Waals surface area (Å²) >= 11 is 0. The van der Waals surface area contributed by atoms with Crippen LogP contribution in [0.25, 0.3) is 0 Å². The first-order valence-corrected chi connectivity index (χ1v) is 15.4. The molecular weight excluding hydrogens is 657 g/mol. The van der Waals surface area contributed by atoms with Gasteiger partial charge in [0.2, 0.25) is 0 Å². The van der Waals surface area contributed by atoms with Crippen LogP contribution >= 0.6 is 0 Å². The van der Waals surface area contributed by atoms with Crippen molar-refractivity contribution in [1.82, 2.24) is 0 Å². The molecule has 0 aliphatic heterocycles. The van der Waals surface area contributed by atoms with Crippen LogP contribution in [0.3, 0.4) is 0 Å². The molecule has 0 bridgehead atoms. The van der Waals surface area contributed by atoms with Crippen molar-refractivity contribution in [2.75, 3.05) is 35.0 Å². The average Bonchev–Trinajstić information content (AvgIpc) is 2.69. The quantitative estimate of drug-likeness (QED) is 0.0729. The van der Waals surface area contributed by atoms with E-state index in [0.29, 0.717) is 31.7 Å². The third-order valence-corrected chi connectivity index (χ3v) is 7.82. The third kappa shape index (κ3) is 7.12. The molecule has 0 fully saturated rings. The number of rotatable bonds is 14. The summed E-state index contributed by atoms with van der Waals surface area (Å²) in [6.45, 7) is 1.66. The molecule has 0 aliphatic rings. The fraction of sp³-hybridized carbons (Fsp3) is 0.588. The van der Waals surface area contributed by atoms with Crippen molar-refractivity contribution in [2.45, 2.75) is 32.4 Å². The number of ether oxygens (including phenoxy) is 3. The molecule has 10 nitrogen and oxygen atoms in total. The van der Waals surface area contributed by atoms with E-state index in [9.17, 15) is 14.9 Å². The zero-order valence-corrected chi connectivity index (χ0v) is 24.6. The standard InChI is InChI=1S/C17H26NO9Si.Rf/c1-13(19)27-17-10-14(15(18(20)21)11-16(17)22-2)12-26-8-6-7-9-28(23-3,24-4)25-5;/h10-11H,2,6-9,12H2,1,3-5H3;. The number of unbranched alkanes of at least 4 members (excludes halogenated alkanes) is 1. The van der Waals surface area contributed by atoms with Gasteiger partial charge >= 0.3 is 130 Å². The molecule has 1 aromatic rings. The second-order valence-electron chi connectivity index (χ2n) is 5.93. The average molecular weight is 683 g/mol. The zero-order valence-electron chi connectivity index (χ0n) is 17.2. The van der Waals surface area contributed by atoms with Crippen molar-refractivity contribution in [1.29, 1.82) is 0 Å². The Morgan fingerprint density at radius 2 is 1.79 bits per heavy atom. The Morgan fingerprint density at radius 3 is 2.31 bits per heavy atom. The fourth-order valence-electron chi connectivity index (χ4n) is 2.62. The van der Waals surface area contributed by atoms with Crippen LogP contribution in [0.1, 0.15) is 25.3 Å². The monoisotopic (exact) mass is 683 g/mol.